The quantitative estimate of drug-likeness (QED) is 0.400. The Morgan fingerprint density at radius 1 is 1.11 bits per heavy atom. The Balaban J connectivity index is 1.85. The molecule has 0 radical (unpaired) electrons. The van der Waals surface area contributed by atoms with Crippen molar-refractivity contribution in [2.75, 3.05) is 12.4 Å². The van der Waals surface area contributed by atoms with Crippen LogP contribution in [0.5, 0.6) is 5.75 Å². The van der Waals surface area contributed by atoms with E-state index in [2.05, 4.69) is 22.8 Å². The zero-order chi connectivity index (χ0) is 19.5. The number of benzene rings is 2. The van der Waals surface area contributed by atoms with Gasteiger partial charge in [-0.1, -0.05) is 31.9 Å². The molecule has 0 aliphatic rings. The molecule has 0 aliphatic carbocycles. The van der Waals surface area contributed by atoms with Crippen molar-refractivity contribution in [1.82, 2.24) is 5.43 Å². The summed E-state index contributed by atoms with van der Waals surface area (Å²) in [4.78, 5) is 23.9. The fourth-order valence-corrected chi connectivity index (χ4v) is 2.42. The molecule has 0 saturated heterocycles. The van der Waals surface area contributed by atoms with Gasteiger partial charge in [-0.2, -0.15) is 5.10 Å². The van der Waals surface area contributed by atoms with E-state index in [9.17, 15) is 9.59 Å². The van der Waals surface area contributed by atoms with Crippen LogP contribution < -0.4 is 15.5 Å². The van der Waals surface area contributed by atoms with Crippen LogP contribution in [0.4, 0.5) is 5.69 Å². The number of nitrogens with one attached hydrogen (secondary N) is 2. The van der Waals surface area contributed by atoms with Crippen LogP contribution in [-0.2, 0) is 4.79 Å². The third-order valence-corrected chi connectivity index (χ3v) is 3.91. The number of anilines is 1. The molecule has 2 aromatic carbocycles. The maximum absolute atomic E-state index is 12.1. The van der Waals surface area contributed by atoms with Gasteiger partial charge in [-0.15, -0.1) is 0 Å². The topological polar surface area (TPSA) is 79.8 Å². The number of amides is 2. The maximum Gasteiger partial charge on any atom is 0.271 e. The van der Waals surface area contributed by atoms with E-state index >= 15 is 0 Å². The second-order valence-corrected chi connectivity index (χ2v) is 6.06. The van der Waals surface area contributed by atoms with Gasteiger partial charge in [0.05, 0.1) is 13.3 Å². The number of hydrogen-bond acceptors (Lipinski definition) is 4. The Morgan fingerprint density at radius 3 is 2.59 bits per heavy atom. The predicted octanol–water partition coefficient (Wildman–Crippen LogP) is 3.98. The molecule has 0 aromatic heterocycles. The molecule has 0 unspecified atom stereocenters. The van der Waals surface area contributed by atoms with Crippen LogP contribution in [0.1, 0.15) is 48.5 Å². The number of methoxy groups -OCH3 is 1. The van der Waals surface area contributed by atoms with Crippen LogP contribution in [0.25, 0.3) is 0 Å². The molecule has 2 aromatic rings. The van der Waals surface area contributed by atoms with Gasteiger partial charge in [0, 0.05) is 17.7 Å². The van der Waals surface area contributed by atoms with Crippen LogP contribution >= 0.6 is 0 Å². The number of nitrogens with zero attached hydrogens (tertiary/aromatic N) is 1. The molecular weight excluding hydrogens is 342 g/mol. The van der Waals surface area contributed by atoms with E-state index in [4.69, 9.17) is 4.74 Å². The van der Waals surface area contributed by atoms with E-state index in [0.29, 0.717) is 17.7 Å². The normalized spacial score (nSPS) is 10.6. The third kappa shape index (κ3) is 6.93. The largest absolute Gasteiger partial charge is 0.497 e. The third-order valence-electron chi connectivity index (χ3n) is 3.91. The number of ether oxygens (including phenoxy) is 1. The zero-order valence-electron chi connectivity index (χ0n) is 15.7. The first-order chi connectivity index (χ1) is 13.1. The first kappa shape index (κ1) is 20.2. The monoisotopic (exact) mass is 367 g/mol. The molecule has 0 heterocycles. The van der Waals surface area contributed by atoms with Gasteiger partial charge < -0.3 is 10.1 Å². The Kier molecular flexibility index (Phi) is 8.03. The van der Waals surface area contributed by atoms with Gasteiger partial charge in [-0.05, 0) is 48.4 Å². The summed E-state index contributed by atoms with van der Waals surface area (Å²) in [5.74, 6) is 0.385. The average molecular weight is 367 g/mol. The highest BCUT2D eigenvalue weighted by Crippen LogP contribution is 2.12. The number of hydrogen-bond donors (Lipinski definition) is 2. The molecule has 0 saturated carbocycles. The lowest BCUT2D eigenvalue weighted by Gasteiger charge is -2.06. The average Bonchev–Trinajstić information content (AvgIpc) is 2.69. The summed E-state index contributed by atoms with van der Waals surface area (Å²) in [7, 11) is 1.59. The van der Waals surface area contributed by atoms with Crippen molar-refractivity contribution in [2.24, 2.45) is 5.10 Å². The molecule has 6 heteroatoms. The van der Waals surface area contributed by atoms with Crippen LogP contribution in [-0.4, -0.2) is 25.1 Å². The van der Waals surface area contributed by atoms with Gasteiger partial charge in [0.1, 0.15) is 5.75 Å². The molecule has 0 bridgehead atoms. The van der Waals surface area contributed by atoms with Crippen LogP contribution in [0.15, 0.2) is 53.6 Å². The Morgan fingerprint density at radius 2 is 1.89 bits per heavy atom. The van der Waals surface area contributed by atoms with E-state index in [-0.39, 0.29) is 11.8 Å². The van der Waals surface area contributed by atoms with Crippen molar-refractivity contribution in [3.05, 3.63) is 59.7 Å². The van der Waals surface area contributed by atoms with Crippen molar-refractivity contribution in [1.29, 1.82) is 0 Å². The number of hydrazone groups is 1. The van der Waals surface area contributed by atoms with Gasteiger partial charge in [-0.3, -0.25) is 9.59 Å². The van der Waals surface area contributed by atoms with Crippen molar-refractivity contribution in [3.8, 4) is 5.75 Å². The smallest absolute Gasteiger partial charge is 0.271 e. The Bertz CT molecular complexity index is 786. The standard InChI is InChI=1S/C21H25N3O3/c1-3-4-5-9-20(25)23-18-12-10-17(11-13-18)21(26)24-22-15-16-7-6-8-19(14-16)27-2/h6-8,10-15H,3-5,9H2,1-2H3,(H,23,25)(H,24,26)/b22-15+. The van der Waals surface area contributed by atoms with Crippen LogP contribution in [0, 0.1) is 0 Å². The summed E-state index contributed by atoms with van der Waals surface area (Å²) in [6.07, 6.45) is 5.06. The van der Waals surface area contributed by atoms with E-state index in [1.807, 2.05) is 24.3 Å². The van der Waals surface area contributed by atoms with Crippen LogP contribution in [0.3, 0.4) is 0 Å². The van der Waals surface area contributed by atoms with E-state index < -0.39 is 0 Å². The minimum absolute atomic E-state index is 0.0106. The number of rotatable bonds is 9. The molecule has 6 nitrogen and oxygen atoms in total. The second-order valence-electron chi connectivity index (χ2n) is 6.06. The highest BCUT2D eigenvalue weighted by molar-refractivity contribution is 5.96. The minimum atomic E-state index is -0.324. The first-order valence-electron chi connectivity index (χ1n) is 8.99. The summed E-state index contributed by atoms with van der Waals surface area (Å²) in [6, 6.07) is 14.1. The lowest BCUT2D eigenvalue weighted by molar-refractivity contribution is -0.116. The van der Waals surface area contributed by atoms with Crippen LogP contribution in [0.2, 0.25) is 0 Å². The van der Waals surface area contributed by atoms with Crippen molar-refractivity contribution in [3.63, 3.8) is 0 Å². The van der Waals surface area contributed by atoms with E-state index in [0.717, 1.165) is 30.6 Å². The van der Waals surface area contributed by atoms with E-state index in [1.165, 1.54) is 0 Å². The summed E-state index contributed by atoms with van der Waals surface area (Å²) in [5.41, 5.74) is 4.43. The van der Waals surface area contributed by atoms with Gasteiger partial charge in [0.2, 0.25) is 5.91 Å². The predicted molar refractivity (Wildman–Crippen MR) is 107 cm³/mol. The zero-order valence-corrected chi connectivity index (χ0v) is 15.7. The highest BCUT2D eigenvalue weighted by atomic mass is 16.5. The number of carbonyl (C=O) groups is 2. The molecule has 0 spiro atoms. The molecular formula is C21H25N3O3. The number of carbonyl (C=O) groups excluding carboxylic acids is 2. The molecule has 0 aliphatic heterocycles. The fourth-order valence-electron chi connectivity index (χ4n) is 2.42. The van der Waals surface area contributed by atoms with Gasteiger partial charge in [0.15, 0.2) is 0 Å². The lowest BCUT2D eigenvalue weighted by atomic mass is 10.1. The van der Waals surface area contributed by atoms with Crippen molar-refractivity contribution >= 4 is 23.7 Å². The van der Waals surface area contributed by atoms with Crippen molar-refractivity contribution < 1.29 is 14.3 Å². The first-order valence-corrected chi connectivity index (χ1v) is 8.99. The Hall–Kier alpha value is -3.15. The summed E-state index contributed by atoms with van der Waals surface area (Å²) >= 11 is 0. The SMILES string of the molecule is CCCCCC(=O)Nc1ccc(C(=O)N/N=C/c2cccc(OC)c2)cc1. The van der Waals surface area contributed by atoms with Gasteiger partial charge >= 0.3 is 0 Å². The molecule has 0 fully saturated rings. The second kappa shape index (κ2) is 10.8. The molecule has 2 rings (SSSR count). The minimum Gasteiger partial charge on any atom is -0.497 e. The highest BCUT2D eigenvalue weighted by Gasteiger charge is 2.06. The molecule has 27 heavy (non-hydrogen) atoms. The van der Waals surface area contributed by atoms with Gasteiger partial charge in [0.25, 0.3) is 5.91 Å². The number of unbranched alkanes of at least 4 members (excludes halogenated alkanes) is 2. The maximum atomic E-state index is 12.1. The molecule has 0 atom stereocenters. The van der Waals surface area contributed by atoms with E-state index in [1.54, 1.807) is 37.6 Å². The fraction of sp³-hybridized carbons (Fsp3) is 0.286. The Labute approximate surface area is 159 Å². The summed E-state index contributed by atoms with van der Waals surface area (Å²) in [6.45, 7) is 2.10. The summed E-state index contributed by atoms with van der Waals surface area (Å²) < 4.78 is 5.14. The molecule has 2 N–H and O–H groups in total. The lowest BCUT2D eigenvalue weighted by Crippen LogP contribution is -2.17. The van der Waals surface area contributed by atoms with Gasteiger partial charge in [-0.25, -0.2) is 5.43 Å². The molecule has 2 amide bonds. The summed E-state index contributed by atoms with van der Waals surface area (Å²) in [5, 5.41) is 6.79. The molecule has 142 valence electrons. The van der Waals surface area contributed by atoms with Crippen molar-refractivity contribution in [2.45, 2.75) is 32.6 Å².